The molecule has 177 valence electrons. The maximum absolute atomic E-state index is 11.0. The molecule has 0 spiro atoms. The molecule has 1 aromatic heterocycles. The van der Waals surface area contributed by atoms with Gasteiger partial charge in [0.2, 0.25) is 5.89 Å². The van der Waals surface area contributed by atoms with Gasteiger partial charge in [-0.1, -0.05) is 53.7 Å². The summed E-state index contributed by atoms with van der Waals surface area (Å²) in [5.74, 6) is 1.63. The highest BCUT2D eigenvalue weighted by Gasteiger charge is 2.28. The first kappa shape index (κ1) is 24.8. The fourth-order valence-corrected chi connectivity index (χ4v) is 3.95. The van der Waals surface area contributed by atoms with E-state index in [0.29, 0.717) is 11.6 Å². The summed E-state index contributed by atoms with van der Waals surface area (Å²) in [7, 11) is 1.91. The maximum Gasteiger partial charge on any atom is 0.226 e. The van der Waals surface area contributed by atoms with Gasteiger partial charge in [-0.2, -0.15) is 0 Å². The van der Waals surface area contributed by atoms with Crippen LogP contribution >= 0.6 is 0 Å². The predicted octanol–water partition coefficient (Wildman–Crippen LogP) is 6.60. The number of nitrogens with zero attached hydrogens (tertiary/aromatic N) is 2. The largest absolute Gasteiger partial charge is 0.507 e. The lowest BCUT2D eigenvalue weighted by Gasteiger charge is -2.27. The van der Waals surface area contributed by atoms with E-state index >= 15 is 0 Å². The second-order valence-electron chi connectivity index (χ2n) is 10.9. The molecule has 0 fully saturated rings. The van der Waals surface area contributed by atoms with Gasteiger partial charge in [-0.25, -0.2) is 4.98 Å². The van der Waals surface area contributed by atoms with Crippen molar-refractivity contribution >= 4 is 5.69 Å². The van der Waals surface area contributed by atoms with Gasteiger partial charge >= 0.3 is 0 Å². The molecule has 0 aliphatic rings. The predicted molar refractivity (Wildman–Crippen MR) is 136 cm³/mol. The van der Waals surface area contributed by atoms with Gasteiger partial charge in [-0.15, -0.1) is 0 Å². The number of aliphatic hydroxyl groups excluding tert-OH is 1. The van der Waals surface area contributed by atoms with Crippen molar-refractivity contribution in [2.24, 2.45) is 0 Å². The number of oxazole rings is 1. The third-order valence-electron chi connectivity index (χ3n) is 5.76. The number of phenols is 1. The van der Waals surface area contributed by atoms with Gasteiger partial charge in [-0.05, 0) is 48.9 Å². The van der Waals surface area contributed by atoms with E-state index in [1.165, 1.54) is 0 Å². The van der Waals surface area contributed by atoms with Crippen LogP contribution in [0.4, 0.5) is 5.69 Å². The molecule has 0 saturated carbocycles. The summed E-state index contributed by atoms with van der Waals surface area (Å²) in [6, 6.07) is 12.0. The van der Waals surface area contributed by atoms with Crippen LogP contribution in [0.2, 0.25) is 0 Å². The first-order valence-corrected chi connectivity index (χ1v) is 11.4. The summed E-state index contributed by atoms with van der Waals surface area (Å²) in [5, 5.41) is 20.6. The average molecular weight is 450 g/mol. The summed E-state index contributed by atoms with van der Waals surface area (Å²) in [4.78, 5) is 6.74. The maximum atomic E-state index is 11.0. The Hall–Kier alpha value is -2.79. The molecule has 2 aromatic carbocycles. The van der Waals surface area contributed by atoms with Gasteiger partial charge in [0.15, 0.2) is 0 Å². The zero-order valence-electron chi connectivity index (χ0n) is 21.3. The summed E-state index contributed by atoms with van der Waals surface area (Å²) >= 11 is 0. The molecule has 3 aromatic rings. The summed E-state index contributed by atoms with van der Waals surface area (Å²) in [6.45, 7) is 18.0. The van der Waals surface area contributed by atoms with Crippen LogP contribution < -0.4 is 4.90 Å². The molecule has 0 aliphatic heterocycles. The number of hydrogen-bond donors (Lipinski definition) is 2. The summed E-state index contributed by atoms with van der Waals surface area (Å²) in [5.41, 5.74) is 4.89. The van der Waals surface area contributed by atoms with Gasteiger partial charge in [0.1, 0.15) is 17.2 Å². The Balaban J connectivity index is 2.04. The number of aryl methyl sites for hydroxylation is 1. The van der Waals surface area contributed by atoms with Crippen molar-refractivity contribution in [2.75, 3.05) is 11.9 Å². The lowest BCUT2D eigenvalue weighted by molar-refractivity contribution is 0.225. The quantitative estimate of drug-likeness (QED) is 0.459. The molecule has 0 saturated heterocycles. The second kappa shape index (κ2) is 8.86. The average Bonchev–Trinajstić information content (AvgIpc) is 3.07. The van der Waals surface area contributed by atoms with Gasteiger partial charge in [0, 0.05) is 35.0 Å². The molecule has 1 heterocycles. The number of hydrogen-bond acceptors (Lipinski definition) is 5. The van der Waals surface area contributed by atoms with Crippen LogP contribution in [0.1, 0.15) is 65.4 Å². The molecule has 0 amide bonds. The molecule has 0 bridgehead atoms. The molecule has 5 nitrogen and oxygen atoms in total. The highest BCUT2D eigenvalue weighted by atomic mass is 16.4. The van der Waals surface area contributed by atoms with Crippen molar-refractivity contribution in [3.63, 3.8) is 0 Å². The van der Waals surface area contributed by atoms with Crippen LogP contribution in [0.5, 0.6) is 5.75 Å². The fraction of sp³-hybridized carbons (Fsp3) is 0.429. The van der Waals surface area contributed by atoms with Crippen LogP contribution in [0, 0.1) is 13.5 Å². The van der Waals surface area contributed by atoms with Crippen molar-refractivity contribution in [1.82, 2.24) is 4.98 Å². The molecule has 5 heteroatoms. The number of phenolic OH excluding ortho intramolecular Hbond substituents is 1. The normalized spacial score (nSPS) is 13.3. The van der Waals surface area contributed by atoms with Crippen molar-refractivity contribution in [3.8, 4) is 28.5 Å². The van der Waals surface area contributed by atoms with E-state index in [9.17, 15) is 10.2 Å². The third kappa shape index (κ3) is 5.41. The molecule has 1 radical (unpaired) electrons. The Morgan fingerprint density at radius 2 is 1.45 bits per heavy atom. The smallest absolute Gasteiger partial charge is 0.226 e. The standard InChI is InChI=1S/C28H37N2O3/c1-17(31)16-30(9)21-12-10-19(11-13-21)24-18(2)33-26(29-24)20-14-22(27(3,4)5)25(32)23(15-20)28(6,7)8/h10-17,31-32H,1-9H3. The second-order valence-corrected chi connectivity index (χ2v) is 10.9. The van der Waals surface area contributed by atoms with Crippen molar-refractivity contribution in [3.05, 3.63) is 59.8 Å². The fourth-order valence-electron chi connectivity index (χ4n) is 3.95. The SMILES string of the molecule is Cc1oc(-c2cc(C(C)(C)C)c(O)c(C(C)(C)C)c2)nc1-c1ccc(N(C)[CH]C(C)O)cc1. The van der Waals surface area contributed by atoms with E-state index in [4.69, 9.17) is 9.40 Å². The van der Waals surface area contributed by atoms with Gasteiger partial charge in [-0.3, -0.25) is 0 Å². The van der Waals surface area contributed by atoms with E-state index in [1.807, 2.05) is 55.3 Å². The van der Waals surface area contributed by atoms with Gasteiger partial charge < -0.3 is 19.5 Å². The minimum absolute atomic E-state index is 0.227. The van der Waals surface area contributed by atoms with E-state index in [2.05, 4.69) is 41.5 Å². The molecule has 2 N–H and O–H groups in total. The number of likely N-dealkylation sites (N-methyl/N-ethyl adjacent to an activating group) is 1. The van der Waals surface area contributed by atoms with Crippen molar-refractivity contribution < 1.29 is 14.6 Å². The van der Waals surface area contributed by atoms with E-state index in [-0.39, 0.29) is 10.8 Å². The number of aromatic hydroxyl groups is 1. The number of aromatic nitrogens is 1. The molecule has 1 atom stereocenters. The first-order valence-electron chi connectivity index (χ1n) is 11.4. The van der Waals surface area contributed by atoms with E-state index in [0.717, 1.165) is 39.4 Å². The van der Waals surface area contributed by atoms with Crippen LogP contribution in [-0.2, 0) is 10.8 Å². The van der Waals surface area contributed by atoms with E-state index < -0.39 is 6.10 Å². The van der Waals surface area contributed by atoms with Crippen LogP contribution in [0.15, 0.2) is 40.8 Å². The zero-order valence-corrected chi connectivity index (χ0v) is 21.3. The van der Waals surface area contributed by atoms with Crippen molar-refractivity contribution in [2.45, 2.75) is 72.3 Å². The number of rotatable bonds is 5. The number of aliphatic hydroxyl groups is 1. The Kier molecular flexibility index (Phi) is 6.67. The Labute approximate surface area is 198 Å². The molecule has 0 aliphatic carbocycles. The molecule has 1 unspecified atom stereocenters. The highest BCUT2D eigenvalue weighted by molar-refractivity contribution is 5.69. The number of benzene rings is 2. The topological polar surface area (TPSA) is 69.7 Å². The molecular weight excluding hydrogens is 412 g/mol. The van der Waals surface area contributed by atoms with Crippen LogP contribution in [0.3, 0.4) is 0 Å². The van der Waals surface area contributed by atoms with Gasteiger partial charge in [0.05, 0.1) is 12.6 Å². The van der Waals surface area contributed by atoms with E-state index in [1.54, 1.807) is 13.5 Å². The van der Waals surface area contributed by atoms with Crippen LogP contribution in [-0.4, -0.2) is 28.3 Å². The minimum Gasteiger partial charge on any atom is -0.507 e. The zero-order chi connectivity index (χ0) is 24.7. The lowest BCUT2D eigenvalue weighted by atomic mass is 9.78. The Morgan fingerprint density at radius 1 is 0.939 bits per heavy atom. The highest BCUT2D eigenvalue weighted by Crippen LogP contribution is 2.42. The van der Waals surface area contributed by atoms with Crippen LogP contribution in [0.25, 0.3) is 22.7 Å². The third-order valence-corrected chi connectivity index (χ3v) is 5.76. The van der Waals surface area contributed by atoms with Gasteiger partial charge in [0.25, 0.3) is 0 Å². The molecule has 3 rings (SSSR count). The number of anilines is 1. The molecule has 33 heavy (non-hydrogen) atoms. The Bertz CT molecular complexity index is 1080. The monoisotopic (exact) mass is 449 g/mol. The Morgan fingerprint density at radius 3 is 1.91 bits per heavy atom. The lowest BCUT2D eigenvalue weighted by Crippen LogP contribution is -2.20. The first-order chi connectivity index (χ1) is 15.2. The summed E-state index contributed by atoms with van der Waals surface area (Å²) < 4.78 is 6.12. The minimum atomic E-state index is -0.517. The summed E-state index contributed by atoms with van der Waals surface area (Å²) in [6.07, 6.45) is -0.517. The van der Waals surface area contributed by atoms with Crippen molar-refractivity contribution in [1.29, 1.82) is 0 Å². The molecular formula is C28H37N2O3.